The molecule has 8 heteroatoms. The van der Waals surface area contributed by atoms with Crippen LogP contribution in [0, 0.1) is 17.2 Å². The first-order valence-corrected chi connectivity index (χ1v) is 12.2. The highest BCUT2D eigenvalue weighted by Gasteiger charge is 2.49. The van der Waals surface area contributed by atoms with Gasteiger partial charge in [0.2, 0.25) is 11.8 Å². The van der Waals surface area contributed by atoms with Gasteiger partial charge in [0.25, 0.3) is 0 Å². The molecule has 3 aromatic rings. The number of hydrogen-bond donors (Lipinski definition) is 1. The first-order chi connectivity index (χ1) is 16.9. The topological polar surface area (TPSA) is 94.1 Å². The number of carbonyl (C=O) groups is 2. The Kier molecular flexibility index (Phi) is 6.36. The maximum atomic E-state index is 13.4. The summed E-state index contributed by atoms with van der Waals surface area (Å²) in [6, 6.07) is 12.1. The van der Waals surface area contributed by atoms with Gasteiger partial charge in [-0.1, -0.05) is 18.6 Å². The summed E-state index contributed by atoms with van der Waals surface area (Å²) in [5.41, 5.74) is 8.90. The largest absolute Gasteiger partial charge is 0.369 e. The number of pyridine rings is 1. The van der Waals surface area contributed by atoms with E-state index in [2.05, 4.69) is 4.98 Å². The second-order valence-corrected chi connectivity index (χ2v) is 9.75. The number of halogens is 1. The highest BCUT2D eigenvalue weighted by Crippen LogP contribution is 2.50. The molecule has 1 saturated heterocycles. The standard InChI is InChI=1S/C27H30FN5O2/c28-22-4-2-19(3-5-22)16-23-17-24(20-6-12-30-13-7-20)31-33(23)18-25(34)32-14-8-21(9-15-32)27(26(29)35)10-1-11-27/h2-7,12-13,17,21H,1,8-11,14-16,18H2,(H2,29,35). The van der Waals surface area contributed by atoms with Crippen LogP contribution in [0.2, 0.25) is 0 Å². The molecular weight excluding hydrogens is 445 g/mol. The number of piperidine rings is 1. The van der Waals surface area contributed by atoms with E-state index in [1.165, 1.54) is 12.1 Å². The van der Waals surface area contributed by atoms with E-state index in [9.17, 15) is 14.0 Å². The van der Waals surface area contributed by atoms with Crippen LogP contribution in [0.5, 0.6) is 0 Å². The SMILES string of the molecule is NC(=O)C1(C2CCN(C(=O)Cn3nc(-c4ccncc4)cc3Cc3ccc(F)cc3)CC2)CCC1. The van der Waals surface area contributed by atoms with Crippen LogP contribution in [0.1, 0.15) is 43.4 Å². The van der Waals surface area contributed by atoms with E-state index in [0.29, 0.717) is 19.5 Å². The predicted octanol–water partition coefficient (Wildman–Crippen LogP) is 3.57. The van der Waals surface area contributed by atoms with E-state index in [4.69, 9.17) is 10.8 Å². The highest BCUT2D eigenvalue weighted by atomic mass is 19.1. The van der Waals surface area contributed by atoms with Gasteiger partial charge >= 0.3 is 0 Å². The molecule has 2 amide bonds. The lowest BCUT2D eigenvalue weighted by molar-refractivity contribution is -0.141. The number of nitrogens with zero attached hydrogens (tertiary/aromatic N) is 4. The number of primary amides is 1. The third kappa shape index (κ3) is 4.70. The van der Waals surface area contributed by atoms with Crippen LogP contribution in [0.4, 0.5) is 4.39 Å². The Hall–Kier alpha value is -3.55. The quantitative estimate of drug-likeness (QED) is 0.565. The molecule has 0 atom stereocenters. The average Bonchev–Trinajstić information content (AvgIpc) is 3.22. The summed E-state index contributed by atoms with van der Waals surface area (Å²) >= 11 is 0. The van der Waals surface area contributed by atoms with Crippen LogP contribution in [0.3, 0.4) is 0 Å². The van der Waals surface area contributed by atoms with Crippen molar-refractivity contribution in [3.8, 4) is 11.3 Å². The minimum atomic E-state index is -0.362. The molecule has 1 saturated carbocycles. The molecule has 1 aliphatic carbocycles. The van der Waals surface area contributed by atoms with Gasteiger partial charge in [0, 0.05) is 43.2 Å². The Morgan fingerprint density at radius 3 is 2.34 bits per heavy atom. The summed E-state index contributed by atoms with van der Waals surface area (Å²) in [5.74, 6) is -0.192. The minimum absolute atomic E-state index is 0.00918. The first kappa shape index (κ1) is 23.2. The van der Waals surface area contributed by atoms with Crippen LogP contribution < -0.4 is 5.73 Å². The van der Waals surface area contributed by atoms with Gasteiger partial charge in [0.05, 0.1) is 11.1 Å². The van der Waals surface area contributed by atoms with Gasteiger partial charge in [0.1, 0.15) is 12.4 Å². The number of benzene rings is 1. The predicted molar refractivity (Wildman–Crippen MR) is 129 cm³/mol. The Morgan fingerprint density at radius 2 is 1.74 bits per heavy atom. The summed E-state index contributed by atoms with van der Waals surface area (Å²) in [7, 11) is 0. The first-order valence-electron chi connectivity index (χ1n) is 12.2. The molecule has 3 heterocycles. The van der Waals surface area contributed by atoms with E-state index < -0.39 is 0 Å². The van der Waals surface area contributed by atoms with E-state index in [1.807, 2.05) is 23.1 Å². The molecule has 182 valence electrons. The molecule has 0 bridgehead atoms. The fourth-order valence-electron chi connectivity index (χ4n) is 5.53. The van der Waals surface area contributed by atoms with Crippen molar-refractivity contribution in [2.24, 2.45) is 17.1 Å². The van der Waals surface area contributed by atoms with Crippen molar-refractivity contribution in [2.45, 2.75) is 45.1 Å². The molecule has 0 unspecified atom stereocenters. The molecule has 0 spiro atoms. The molecule has 5 rings (SSSR count). The summed E-state index contributed by atoms with van der Waals surface area (Å²) in [5, 5.41) is 4.73. The highest BCUT2D eigenvalue weighted by molar-refractivity contribution is 5.82. The Morgan fingerprint density at radius 1 is 1.06 bits per heavy atom. The van der Waals surface area contributed by atoms with Crippen LogP contribution in [-0.2, 0) is 22.6 Å². The molecule has 2 N–H and O–H groups in total. The summed E-state index contributed by atoms with van der Waals surface area (Å²) in [6.07, 6.45) is 8.37. The second kappa shape index (κ2) is 9.60. The smallest absolute Gasteiger partial charge is 0.244 e. The molecule has 1 aromatic carbocycles. The lowest BCUT2D eigenvalue weighted by atomic mass is 9.58. The lowest BCUT2D eigenvalue weighted by Crippen LogP contribution is -2.52. The van der Waals surface area contributed by atoms with Crippen molar-refractivity contribution in [2.75, 3.05) is 13.1 Å². The average molecular weight is 476 g/mol. The second-order valence-electron chi connectivity index (χ2n) is 9.75. The van der Waals surface area contributed by atoms with Crippen molar-refractivity contribution in [1.29, 1.82) is 0 Å². The van der Waals surface area contributed by atoms with Crippen molar-refractivity contribution < 1.29 is 14.0 Å². The van der Waals surface area contributed by atoms with E-state index in [1.54, 1.807) is 29.2 Å². The Balaban J connectivity index is 1.31. The number of carbonyl (C=O) groups excluding carboxylic acids is 2. The number of nitrogens with two attached hydrogens (primary N) is 1. The Bertz CT molecular complexity index is 1200. The van der Waals surface area contributed by atoms with Gasteiger partial charge in [-0.2, -0.15) is 5.10 Å². The third-order valence-corrected chi connectivity index (χ3v) is 7.79. The van der Waals surface area contributed by atoms with Gasteiger partial charge in [-0.25, -0.2) is 4.39 Å². The van der Waals surface area contributed by atoms with Gasteiger partial charge in [-0.3, -0.25) is 19.3 Å². The van der Waals surface area contributed by atoms with Crippen molar-refractivity contribution >= 4 is 11.8 Å². The van der Waals surface area contributed by atoms with Gasteiger partial charge in [-0.15, -0.1) is 0 Å². The van der Waals surface area contributed by atoms with Crippen LogP contribution in [-0.4, -0.2) is 44.6 Å². The zero-order chi connectivity index (χ0) is 24.4. The maximum absolute atomic E-state index is 13.4. The number of amides is 2. The van der Waals surface area contributed by atoms with Crippen LogP contribution in [0.25, 0.3) is 11.3 Å². The van der Waals surface area contributed by atoms with E-state index >= 15 is 0 Å². The fraction of sp³-hybridized carbons (Fsp3) is 0.407. The molecule has 2 aromatic heterocycles. The maximum Gasteiger partial charge on any atom is 0.244 e. The Labute approximate surface area is 204 Å². The normalized spacial score (nSPS) is 17.7. The van der Waals surface area contributed by atoms with E-state index in [0.717, 1.165) is 54.6 Å². The molecule has 1 aliphatic heterocycles. The van der Waals surface area contributed by atoms with Crippen LogP contribution in [0.15, 0.2) is 54.9 Å². The number of hydrogen-bond acceptors (Lipinski definition) is 4. The summed E-state index contributed by atoms with van der Waals surface area (Å²) in [6.45, 7) is 1.39. The van der Waals surface area contributed by atoms with E-state index in [-0.39, 0.29) is 35.5 Å². The number of likely N-dealkylation sites (tertiary alicyclic amines) is 1. The fourth-order valence-corrected chi connectivity index (χ4v) is 5.53. The van der Waals surface area contributed by atoms with Crippen molar-refractivity contribution in [3.05, 3.63) is 71.9 Å². The third-order valence-electron chi connectivity index (χ3n) is 7.79. The zero-order valence-electron chi connectivity index (χ0n) is 19.7. The van der Waals surface area contributed by atoms with Crippen LogP contribution >= 0.6 is 0 Å². The zero-order valence-corrected chi connectivity index (χ0v) is 19.7. The minimum Gasteiger partial charge on any atom is -0.369 e. The van der Waals surface area contributed by atoms with Crippen molar-refractivity contribution in [1.82, 2.24) is 19.7 Å². The molecule has 7 nitrogen and oxygen atoms in total. The van der Waals surface area contributed by atoms with Gasteiger partial charge < -0.3 is 10.6 Å². The molecule has 0 radical (unpaired) electrons. The molecule has 2 aliphatic rings. The van der Waals surface area contributed by atoms with Gasteiger partial charge in [-0.05, 0) is 67.5 Å². The number of rotatable bonds is 7. The van der Waals surface area contributed by atoms with Crippen molar-refractivity contribution in [3.63, 3.8) is 0 Å². The lowest BCUT2D eigenvalue weighted by Gasteiger charge is -2.48. The number of aromatic nitrogens is 3. The molecular formula is C27H30FN5O2. The monoisotopic (exact) mass is 475 g/mol. The molecule has 35 heavy (non-hydrogen) atoms. The summed E-state index contributed by atoms with van der Waals surface area (Å²) < 4.78 is 15.1. The van der Waals surface area contributed by atoms with Gasteiger partial charge in [0.15, 0.2) is 0 Å². The summed E-state index contributed by atoms with van der Waals surface area (Å²) in [4.78, 5) is 31.3. The molecule has 2 fully saturated rings.